The van der Waals surface area contributed by atoms with Crippen molar-refractivity contribution in [2.45, 2.75) is 59.3 Å². The molecule has 166 valence electrons. The van der Waals surface area contributed by atoms with Crippen LogP contribution in [0, 0.1) is 13.8 Å². The minimum atomic E-state index is -0.836. The molecule has 0 bridgehead atoms. The zero-order valence-corrected chi connectivity index (χ0v) is 19.2. The number of carbonyl (C=O) groups is 2. The van der Waals surface area contributed by atoms with Gasteiger partial charge in [-0.2, -0.15) is 0 Å². The number of benzene rings is 2. The maximum Gasteiger partial charge on any atom is 0.411 e. The van der Waals surface area contributed by atoms with E-state index in [0.717, 1.165) is 22.4 Å². The van der Waals surface area contributed by atoms with Crippen molar-refractivity contribution in [3.05, 3.63) is 64.2 Å². The van der Waals surface area contributed by atoms with E-state index < -0.39 is 23.7 Å². The van der Waals surface area contributed by atoms with Crippen molar-refractivity contribution in [1.82, 2.24) is 4.90 Å². The molecule has 0 spiro atoms. The highest BCUT2D eigenvalue weighted by atomic mass is 16.6. The first kappa shape index (κ1) is 22.7. The Morgan fingerprint density at radius 3 is 2.35 bits per heavy atom. The lowest BCUT2D eigenvalue weighted by Crippen LogP contribution is -2.46. The second-order valence-electron chi connectivity index (χ2n) is 8.99. The number of nitrogens with zero attached hydrogens (tertiary/aromatic N) is 1. The van der Waals surface area contributed by atoms with Gasteiger partial charge in [0, 0.05) is 6.54 Å². The van der Waals surface area contributed by atoms with Crippen LogP contribution in [0.2, 0.25) is 0 Å². The standard InChI is InChI=1S/C25H31NO5/c1-16-11-17(2)13-18(12-16)15-30-20-7-8-21-19(14-20)9-10-26(22(21)23(27)29-6)24(28)31-25(3,4)5/h7-8,11-14,22H,9-10,15H2,1-6H3/t22-/m1/s1. The molecule has 0 fully saturated rings. The van der Waals surface area contributed by atoms with Crippen molar-refractivity contribution in [1.29, 1.82) is 0 Å². The summed E-state index contributed by atoms with van der Waals surface area (Å²) in [4.78, 5) is 26.7. The highest BCUT2D eigenvalue weighted by molar-refractivity contribution is 5.84. The lowest BCUT2D eigenvalue weighted by Gasteiger charge is -2.36. The van der Waals surface area contributed by atoms with Gasteiger partial charge in [-0.3, -0.25) is 4.90 Å². The van der Waals surface area contributed by atoms with Crippen LogP contribution in [-0.4, -0.2) is 36.2 Å². The molecular weight excluding hydrogens is 394 g/mol. The largest absolute Gasteiger partial charge is 0.489 e. The SMILES string of the molecule is COC(=O)[C@H]1c2ccc(OCc3cc(C)cc(C)c3)cc2CCN1C(=O)OC(C)(C)C. The van der Waals surface area contributed by atoms with E-state index in [9.17, 15) is 9.59 Å². The zero-order valence-electron chi connectivity index (χ0n) is 19.2. The van der Waals surface area contributed by atoms with Gasteiger partial charge < -0.3 is 14.2 Å². The predicted molar refractivity (Wildman–Crippen MR) is 118 cm³/mol. The summed E-state index contributed by atoms with van der Waals surface area (Å²) >= 11 is 0. The smallest absolute Gasteiger partial charge is 0.411 e. The molecular formula is C25H31NO5. The van der Waals surface area contributed by atoms with Crippen molar-refractivity contribution in [2.75, 3.05) is 13.7 Å². The van der Waals surface area contributed by atoms with Gasteiger partial charge in [-0.05, 0) is 69.9 Å². The second-order valence-corrected chi connectivity index (χ2v) is 8.99. The van der Waals surface area contributed by atoms with E-state index >= 15 is 0 Å². The lowest BCUT2D eigenvalue weighted by atomic mass is 9.92. The summed E-state index contributed by atoms with van der Waals surface area (Å²) in [7, 11) is 1.32. The molecule has 1 aliphatic rings. The summed E-state index contributed by atoms with van der Waals surface area (Å²) in [6, 6.07) is 11.1. The van der Waals surface area contributed by atoms with Crippen molar-refractivity contribution >= 4 is 12.1 Å². The van der Waals surface area contributed by atoms with Gasteiger partial charge in [0.15, 0.2) is 6.04 Å². The fourth-order valence-corrected chi connectivity index (χ4v) is 3.90. The fourth-order valence-electron chi connectivity index (χ4n) is 3.90. The third-order valence-electron chi connectivity index (χ3n) is 5.08. The molecule has 0 saturated heterocycles. The molecule has 1 aliphatic heterocycles. The summed E-state index contributed by atoms with van der Waals surface area (Å²) in [6.45, 7) is 10.4. The number of amides is 1. The van der Waals surface area contributed by atoms with Gasteiger partial charge in [0.05, 0.1) is 7.11 Å². The third kappa shape index (κ3) is 5.57. The molecule has 0 saturated carbocycles. The van der Waals surface area contributed by atoms with Gasteiger partial charge in [0.25, 0.3) is 0 Å². The Hall–Kier alpha value is -3.02. The van der Waals surface area contributed by atoms with E-state index in [-0.39, 0.29) is 0 Å². The van der Waals surface area contributed by atoms with Crippen LogP contribution in [0.1, 0.15) is 54.6 Å². The van der Waals surface area contributed by atoms with Gasteiger partial charge in [0.1, 0.15) is 18.0 Å². The Morgan fingerprint density at radius 1 is 1.06 bits per heavy atom. The number of esters is 1. The molecule has 2 aromatic rings. The maximum absolute atomic E-state index is 12.7. The number of methoxy groups -OCH3 is 1. The van der Waals surface area contributed by atoms with Crippen molar-refractivity contribution in [3.8, 4) is 5.75 Å². The Kier molecular flexibility index (Phi) is 6.58. The first-order valence-corrected chi connectivity index (χ1v) is 10.5. The summed E-state index contributed by atoms with van der Waals surface area (Å²) < 4.78 is 16.5. The summed E-state index contributed by atoms with van der Waals surface area (Å²) in [5, 5.41) is 0. The minimum absolute atomic E-state index is 0.363. The average molecular weight is 426 g/mol. The quantitative estimate of drug-likeness (QED) is 0.653. The Bertz CT molecular complexity index is 956. The number of carbonyl (C=O) groups excluding carboxylic acids is 2. The molecule has 3 rings (SSSR count). The van der Waals surface area contributed by atoms with Crippen LogP contribution in [0.3, 0.4) is 0 Å². The zero-order chi connectivity index (χ0) is 22.8. The highest BCUT2D eigenvalue weighted by Gasteiger charge is 2.39. The van der Waals surface area contributed by atoms with E-state index in [1.165, 1.54) is 23.1 Å². The Balaban J connectivity index is 1.81. The van der Waals surface area contributed by atoms with Crippen LogP contribution >= 0.6 is 0 Å². The van der Waals surface area contributed by atoms with Gasteiger partial charge in [-0.15, -0.1) is 0 Å². The van der Waals surface area contributed by atoms with Crippen LogP contribution in [-0.2, 0) is 27.3 Å². The average Bonchev–Trinajstić information content (AvgIpc) is 2.68. The predicted octanol–water partition coefficient (Wildman–Crippen LogP) is 4.89. The van der Waals surface area contributed by atoms with Crippen molar-refractivity contribution < 1.29 is 23.8 Å². The van der Waals surface area contributed by atoms with E-state index in [2.05, 4.69) is 32.0 Å². The molecule has 0 N–H and O–H groups in total. The molecule has 2 aromatic carbocycles. The number of rotatable bonds is 4. The first-order valence-electron chi connectivity index (χ1n) is 10.5. The normalized spacial score (nSPS) is 15.8. The number of aryl methyl sites for hydroxylation is 2. The molecule has 1 atom stereocenters. The monoisotopic (exact) mass is 425 g/mol. The van der Waals surface area contributed by atoms with Crippen LogP contribution in [0.4, 0.5) is 4.79 Å². The molecule has 0 unspecified atom stereocenters. The number of hydrogen-bond donors (Lipinski definition) is 0. The highest BCUT2D eigenvalue weighted by Crippen LogP contribution is 2.34. The molecule has 1 amide bonds. The van der Waals surface area contributed by atoms with Gasteiger partial charge in [0.2, 0.25) is 0 Å². The fraction of sp³-hybridized carbons (Fsp3) is 0.440. The van der Waals surface area contributed by atoms with E-state index in [1.807, 2.05) is 18.2 Å². The maximum atomic E-state index is 12.7. The van der Waals surface area contributed by atoms with E-state index in [4.69, 9.17) is 14.2 Å². The molecule has 1 heterocycles. The van der Waals surface area contributed by atoms with Gasteiger partial charge >= 0.3 is 12.1 Å². The topological polar surface area (TPSA) is 65.1 Å². The summed E-state index contributed by atoms with van der Waals surface area (Å²) in [6.07, 6.45) is 0.0757. The summed E-state index contributed by atoms with van der Waals surface area (Å²) in [5.41, 5.74) is 4.57. The summed E-state index contributed by atoms with van der Waals surface area (Å²) in [5.74, 6) is 0.239. The van der Waals surface area contributed by atoms with Crippen molar-refractivity contribution in [3.63, 3.8) is 0 Å². The number of hydrogen-bond acceptors (Lipinski definition) is 5. The molecule has 31 heavy (non-hydrogen) atoms. The van der Waals surface area contributed by atoms with Crippen LogP contribution in [0.5, 0.6) is 5.75 Å². The third-order valence-corrected chi connectivity index (χ3v) is 5.08. The van der Waals surface area contributed by atoms with Gasteiger partial charge in [-0.1, -0.05) is 35.4 Å². The molecule has 6 heteroatoms. The van der Waals surface area contributed by atoms with Crippen LogP contribution in [0.15, 0.2) is 36.4 Å². The van der Waals surface area contributed by atoms with Crippen LogP contribution < -0.4 is 4.74 Å². The second kappa shape index (κ2) is 9.00. The van der Waals surface area contributed by atoms with Crippen molar-refractivity contribution in [2.24, 2.45) is 0 Å². The Labute approximate surface area is 184 Å². The molecule has 6 nitrogen and oxygen atoms in total. The Morgan fingerprint density at radius 2 is 1.74 bits per heavy atom. The lowest BCUT2D eigenvalue weighted by molar-refractivity contribution is -0.147. The van der Waals surface area contributed by atoms with Gasteiger partial charge in [-0.25, -0.2) is 9.59 Å². The first-order chi connectivity index (χ1) is 14.6. The van der Waals surface area contributed by atoms with E-state index in [0.29, 0.717) is 19.6 Å². The van der Waals surface area contributed by atoms with Crippen LogP contribution in [0.25, 0.3) is 0 Å². The molecule has 0 aromatic heterocycles. The van der Waals surface area contributed by atoms with E-state index in [1.54, 1.807) is 20.8 Å². The number of fused-ring (bicyclic) bond motifs is 1. The minimum Gasteiger partial charge on any atom is -0.489 e. The molecule has 0 radical (unpaired) electrons. The number of ether oxygens (including phenoxy) is 3. The molecule has 0 aliphatic carbocycles.